The number of carbonyl (C=O) groups excluding carboxylic acids is 1. The van der Waals surface area contributed by atoms with E-state index in [1.54, 1.807) is 24.3 Å². The summed E-state index contributed by atoms with van der Waals surface area (Å²) in [7, 11) is 0. The van der Waals surface area contributed by atoms with E-state index in [0.717, 1.165) is 22.5 Å². The van der Waals surface area contributed by atoms with Crippen molar-refractivity contribution >= 4 is 17.0 Å². The Balaban J connectivity index is 1.26. The average molecular weight is 431 g/mol. The molecule has 0 radical (unpaired) electrons. The Morgan fingerprint density at radius 3 is 2.06 bits per heavy atom. The molecule has 0 aliphatic heterocycles. The molecule has 32 heavy (non-hydrogen) atoms. The largest absolute Gasteiger partial charge is 0.490 e. The number of ether oxygens (including phenoxy) is 3. The second-order valence-corrected chi connectivity index (χ2v) is 8.32. The number of nitrogens with zero attached hydrogens (tertiary/aromatic N) is 2. The van der Waals surface area contributed by atoms with E-state index >= 15 is 0 Å². The molecule has 0 aliphatic carbocycles. The number of para-hydroxylation sites is 2. The van der Waals surface area contributed by atoms with Crippen LogP contribution in [0.15, 0.2) is 79.1 Å². The molecule has 0 amide bonds. The second kappa shape index (κ2) is 9.14. The molecule has 1 heterocycles. The standard InChI is InChI=1S/C26H26N2O4/c1-26(2,3)32-25(29)19-8-12-21(13-9-19)30-16-17-31-22-14-10-20(11-15-22)28-18-27-23-6-4-5-7-24(23)28/h4-15,18H,16-17H2,1-3H3. The first-order valence-electron chi connectivity index (χ1n) is 10.5. The summed E-state index contributed by atoms with van der Waals surface area (Å²) < 4.78 is 18.9. The molecule has 0 N–H and O–H groups in total. The van der Waals surface area contributed by atoms with Crippen LogP contribution in [0.1, 0.15) is 31.1 Å². The lowest BCUT2D eigenvalue weighted by Gasteiger charge is -2.19. The van der Waals surface area contributed by atoms with Crippen molar-refractivity contribution in [3.63, 3.8) is 0 Å². The first kappa shape index (κ1) is 21.4. The molecule has 4 aromatic rings. The summed E-state index contributed by atoms with van der Waals surface area (Å²) in [4.78, 5) is 16.5. The number of rotatable bonds is 7. The van der Waals surface area contributed by atoms with Crippen LogP contribution < -0.4 is 9.47 Å². The molecule has 3 aromatic carbocycles. The Kier molecular flexibility index (Phi) is 6.12. The van der Waals surface area contributed by atoms with E-state index in [-0.39, 0.29) is 5.97 Å². The fourth-order valence-corrected chi connectivity index (χ4v) is 3.21. The van der Waals surface area contributed by atoms with E-state index in [9.17, 15) is 4.79 Å². The second-order valence-electron chi connectivity index (χ2n) is 8.32. The molecular formula is C26H26N2O4. The molecule has 6 heteroatoms. The number of hydrogen-bond acceptors (Lipinski definition) is 5. The highest BCUT2D eigenvalue weighted by atomic mass is 16.6. The van der Waals surface area contributed by atoms with Crippen LogP contribution in [-0.2, 0) is 4.74 Å². The van der Waals surface area contributed by atoms with E-state index < -0.39 is 5.60 Å². The van der Waals surface area contributed by atoms with Gasteiger partial charge in [-0.25, -0.2) is 9.78 Å². The minimum Gasteiger partial charge on any atom is -0.490 e. The number of carbonyl (C=O) groups is 1. The maximum atomic E-state index is 12.1. The van der Waals surface area contributed by atoms with Crippen molar-refractivity contribution in [2.45, 2.75) is 26.4 Å². The molecule has 0 atom stereocenters. The molecule has 0 saturated heterocycles. The van der Waals surface area contributed by atoms with E-state index in [2.05, 4.69) is 4.98 Å². The Morgan fingerprint density at radius 1 is 0.844 bits per heavy atom. The fourth-order valence-electron chi connectivity index (χ4n) is 3.21. The summed E-state index contributed by atoms with van der Waals surface area (Å²) in [5.41, 5.74) is 3.02. The van der Waals surface area contributed by atoms with Crippen LogP contribution in [0, 0.1) is 0 Å². The van der Waals surface area contributed by atoms with Gasteiger partial charge >= 0.3 is 5.97 Å². The lowest BCUT2D eigenvalue weighted by Crippen LogP contribution is -2.23. The molecule has 0 saturated carbocycles. The summed E-state index contributed by atoms with van der Waals surface area (Å²) in [6.45, 7) is 6.32. The van der Waals surface area contributed by atoms with Crippen molar-refractivity contribution in [2.24, 2.45) is 0 Å². The smallest absolute Gasteiger partial charge is 0.338 e. The summed E-state index contributed by atoms with van der Waals surface area (Å²) >= 11 is 0. The van der Waals surface area contributed by atoms with Gasteiger partial charge in [-0.3, -0.25) is 4.57 Å². The monoisotopic (exact) mass is 430 g/mol. The predicted molar refractivity (Wildman–Crippen MR) is 124 cm³/mol. The van der Waals surface area contributed by atoms with Crippen molar-refractivity contribution in [1.29, 1.82) is 0 Å². The molecule has 4 rings (SSSR count). The minimum absolute atomic E-state index is 0.348. The van der Waals surface area contributed by atoms with Gasteiger partial charge in [0.05, 0.1) is 16.6 Å². The zero-order chi connectivity index (χ0) is 22.6. The first-order chi connectivity index (χ1) is 15.4. The quantitative estimate of drug-likeness (QED) is 0.289. The SMILES string of the molecule is CC(C)(C)OC(=O)c1ccc(OCCOc2ccc(-n3cnc4ccccc43)cc2)cc1. The number of aromatic nitrogens is 2. The van der Waals surface area contributed by atoms with Gasteiger partial charge in [0.15, 0.2) is 0 Å². The summed E-state index contributed by atoms with van der Waals surface area (Å²) in [6.07, 6.45) is 1.82. The van der Waals surface area contributed by atoms with Crippen LogP contribution >= 0.6 is 0 Å². The first-order valence-corrected chi connectivity index (χ1v) is 10.5. The fraction of sp³-hybridized carbons (Fsp3) is 0.231. The van der Waals surface area contributed by atoms with Gasteiger partial charge in [0.25, 0.3) is 0 Å². The summed E-state index contributed by atoms with van der Waals surface area (Å²) in [5, 5.41) is 0. The van der Waals surface area contributed by atoms with E-state index in [1.165, 1.54) is 0 Å². The third kappa shape index (κ3) is 5.27. The van der Waals surface area contributed by atoms with Crippen molar-refractivity contribution in [3.8, 4) is 17.2 Å². The van der Waals surface area contributed by atoms with Crippen LogP contribution in [0.5, 0.6) is 11.5 Å². The molecule has 6 nitrogen and oxygen atoms in total. The molecule has 1 aromatic heterocycles. The van der Waals surface area contributed by atoms with Crippen LogP contribution in [-0.4, -0.2) is 34.3 Å². The van der Waals surface area contributed by atoms with Gasteiger partial charge in [-0.15, -0.1) is 0 Å². The van der Waals surface area contributed by atoms with Gasteiger partial charge < -0.3 is 14.2 Å². The van der Waals surface area contributed by atoms with E-state index in [4.69, 9.17) is 14.2 Å². The average Bonchev–Trinajstić information content (AvgIpc) is 3.21. The molecule has 0 unspecified atom stereocenters. The topological polar surface area (TPSA) is 62.6 Å². The summed E-state index contributed by atoms with van der Waals surface area (Å²) in [6, 6.07) is 22.8. The Bertz CT molecular complexity index is 1190. The van der Waals surface area contributed by atoms with Gasteiger partial charge in [-0.2, -0.15) is 0 Å². The van der Waals surface area contributed by atoms with Crippen molar-refractivity contribution < 1.29 is 19.0 Å². The third-order valence-electron chi connectivity index (χ3n) is 4.68. The Hall–Kier alpha value is -3.80. The van der Waals surface area contributed by atoms with Crippen molar-refractivity contribution in [2.75, 3.05) is 13.2 Å². The van der Waals surface area contributed by atoms with Gasteiger partial charge in [0.1, 0.15) is 36.6 Å². The van der Waals surface area contributed by atoms with Gasteiger partial charge in [-0.05, 0) is 81.4 Å². The number of fused-ring (bicyclic) bond motifs is 1. The highest BCUT2D eigenvalue weighted by Crippen LogP contribution is 2.21. The molecular weight excluding hydrogens is 404 g/mol. The zero-order valence-electron chi connectivity index (χ0n) is 18.4. The lowest BCUT2D eigenvalue weighted by atomic mass is 10.1. The van der Waals surface area contributed by atoms with Crippen LogP contribution in [0.3, 0.4) is 0 Å². The minimum atomic E-state index is -0.519. The zero-order valence-corrected chi connectivity index (χ0v) is 18.4. The summed E-state index contributed by atoms with van der Waals surface area (Å²) in [5.74, 6) is 1.09. The predicted octanol–water partition coefficient (Wildman–Crippen LogP) is 5.44. The van der Waals surface area contributed by atoms with Gasteiger partial charge in [0.2, 0.25) is 0 Å². The molecule has 0 spiro atoms. The van der Waals surface area contributed by atoms with Crippen molar-refractivity contribution in [1.82, 2.24) is 9.55 Å². The molecule has 0 bridgehead atoms. The van der Waals surface area contributed by atoms with E-state index in [0.29, 0.717) is 24.5 Å². The van der Waals surface area contributed by atoms with Crippen LogP contribution in [0.4, 0.5) is 0 Å². The van der Waals surface area contributed by atoms with E-state index in [1.807, 2.05) is 80.2 Å². The normalized spacial score (nSPS) is 11.3. The maximum absolute atomic E-state index is 12.1. The van der Waals surface area contributed by atoms with Crippen molar-refractivity contribution in [3.05, 3.63) is 84.7 Å². The number of esters is 1. The van der Waals surface area contributed by atoms with Gasteiger partial charge in [0, 0.05) is 5.69 Å². The highest BCUT2D eigenvalue weighted by Gasteiger charge is 2.17. The molecule has 0 aliphatic rings. The third-order valence-corrected chi connectivity index (χ3v) is 4.68. The maximum Gasteiger partial charge on any atom is 0.338 e. The number of hydrogen-bond donors (Lipinski definition) is 0. The molecule has 0 fully saturated rings. The highest BCUT2D eigenvalue weighted by molar-refractivity contribution is 5.89. The number of imidazole rings is 1. The number of benzene rings is 3. The van der Waals surface area contributed by atoms with Gasteiger partial charge in [-0.1, -0.05) is 12.1 Å². The Morgan fingerprint density at radius 2 is 1.44 bits per heavy atom. The Labute approximate surface area is 187 Å². The van der Waals surface area contributed by atoms with Crippen LogP contribution in [0.2, 0.25) is 0 Å². The van der Waals surface area contributed by atoms with Crippen LogP contribution in [0.25, 0.3) is 16.7 Å². The molecule has 164 valence electrons. The lowest BCUT2D eigenvalue weighted by molar-refractivity contribution is 0.00695.